The van der Waals surface area contributed by atoms with Crippen molar-refractivity contribution < 1.29 is 19.2 Å². The lowest BCUT2D eigenvalue weighted by Gasteiger charge is -2.05. The molecule has 0 aliphatic carbocycles. The van der Waals surface area contributed by atoms with E-state index in [-0.39, 0.29) is 12.3 Å². The molecule has 0 fully saturated rings. The number of esters is 1. The lowest BCUT2D eigenvalue weighted by molar-refractivity contribution is -0.384. The van der Waals surface area contributed by atoms with Crippen LogP contribution in [0.25, 0.3) is 0 Å². The molecule has 0 bridgehead atoms. The lowest BCUT2D eigenvalue weighted by atomic mass is 10.3. The molecule has 0 saturated carbocycles. The topological polar surface area (TPSA) is 78.7 Å². The zero-order valence-electron chi connectivity index (χ0n) is 10.2. The zero-order valence-corrected chi connectivity index (χ0v) is 11.8. The van der Waals surface area contributed by atoms with Crippen molar-refractivity contribution in [3.8, 4) is 5.75 Å². The third-order valence-corrected chi connectivity index (χ3v) is 2.66. The average molecular weight is 330 g/mol. The molecule has 0 radical (unpaired) electrons. The van der Waals surface area contributed by atoms with E-state index in [1.165, 1.54) is 30.4 Å². The molecule has 0 unspecified atom stereocenters. The molecule has 102 valence electrons. The molecule has 1 rings (SSSR count). The van der Waals surface area contributed by atoms with Gasteiger partial charge in [0.1, 0.15) is 12.4 Å². The number of ether oxygens (including phenoxy) is 2. The molecule has 0 aliphatic rings. The maximum Gasteiger partial charge on any atom is 0.330 e. The van der Waals surface area contributed by atoms with Gasteiger partial charge in [0, 0.05) is 12.1 Å². The third-order valence-electron chi connectivity index (χ3n) is 2.00. The van der Waals surface area contributed by atoms with E-state index in [0.717, 1.165) is 0 Å². The predicted molar refractivity (Wildman–Crippen MR) is 72.1 cm³/mol. The summed E-state index contributed by atoms with van der Waals surface area (Å²) >= 11 is 3.22. The molecule has 0 aromatic heterocycles. The van der Waals surface area contributed by atoms with Crippen LogP contribution in [-0.4, -0.2) is 24.1 Å². The van der Waals surface area contributed by atoms with Crippen molar-refractivity contribution in [3.05, 3.63) is 44.9 Å². The maximum atomic E-state index is 11.0. The molecule has 0 atom stereocenters. The van der Waals surface area contributed by atoms with Crippen LogP contribution < -0.4 is 4.74 Å². The van der Waals surface area contributed by atoms with E-state index in [9.17, 15) is 14.9 Å². The van der Waals surface area contributed by atoms with Crippen molar-refractivity contribution >= 4 is 27.6 Å². The number of benzene rings is 1. The summed E-state index contributed by atoms with van der Waals surface area (Å²) in [5.41, 5.74) is -0.0624. The smallest absolute Gasteiger partial charge is 0.330 e. The first-order chi connectivity index (χ1) is 9.04. The van der Waals surface area contributed by atoms with Gasteiger partial charge in [0.15, 0.2) is 0 Å². The summed E-state index contributed by atoms with van der Waals surface area (Å²) in [6.07, 6.45) is 2.72. The summed E-state index contributed by atoms with van der Waals surface area (Å²) in [6, 6.07) is 4.20. The molecule has 0 amide bonds. The predicted octanol–water partition coefficient (Wildman–Crippen LogP) is 2.86. The fourth-order valence-corrected chi connectivity index (χ4v) is 1.55. The normalized spacial score (nSPS) is 10.4. The van der Waals surface area contributed by atoms with Gasteiger partial charge in [-0.05, 0) is 35.0 Å². The standard InChI is InChI=1S/C12H12BrNO5/c1-2-18-12(15)4-3-7-19-11-8-9(14(16)17)5-6-10(11)13/h3-6,8H,2,7H2,1H3/b4-3+. The monoisotopic (exact) mass is 329 g/mol. The second-order valence-electron chi connectivity index (χ2n) is 3.34. The second-order valence-corrected chi connectivity index (χ2v) is 4.19. The van der Waals surface area contributed by atoms with Crippen molar-refractivity contribution in [2.75, 3.05) is 13.2 Å². The minimum absolute atomic E-state index is 0.0624. The molecule has 0 aliphatic heterocycles. The number of halogens is 1. The second kappa shape index (κ2) is 7.52. The Kier molecular flexibility index (Phi) is 6.01. The first-order valence-electron chi connectivity index (χ1n) is 5.44. The number of carbonyl (C=O) groups excluding carboxylic acids is 1. The summed E-state index contributed by atoms with van der Waals surface area (Å²) in [4.78, 5) is 21.1. The highest BCUT2D eigenvalue weighted by Crippen LogP contribution is 2.29. The van der Waals surface area contributed by atoms with E-state index in [4.69, 9.17) is 4.74 Å². The van der Waals surface area contributed by atoms with Gasteiger partial charge in [-0.15, -0.1) is 0 Å². The van der Waals surface area contributed by atoms with E-state index in [1.54, 1.807) is 6.92 Å². The highest BCUT2D eigenvalue weighted by atomic mass is 79.9. The van der Waals surface area contributed by atoms with Crippen LogP contribution in [0.3, 0.4) is 0 Å². The van der Waals surface area contributed by atoms with Crippen LogP contribution in [0.5, 0.6) is 5.75 Å². The van der Waals surface area contributed by atoms with Crippen LogP contribution in [0.4, 0.5) is 5.69 Å². The van der Waals surface area contributed by atoms with Gasteiger partial charge in [-0.25, -0.2) is 4.79 Å². The van der Waals surface area contributed by atoms with Gasteiger partial charge in [0.2, 0.25) is 0 Å². The first kappa shape index (κ1) is 15.2. The van der Waals surface area contributed by atoms with Crippen molar-refractivity contribution in [2.45, 2.75) is 6.92 Å². The SMILES string of the molecule is CCOC(=O)/C=C/COc1cc([N+](=O)[O-])ccc1Br. The van der Waals surface area contributed by atoms with Crippen LogP contribution in [0, 0.1) is 10.1 Å². The largest absolute Gasteiger partial charge is 0.488 e. The zero-order chi connectivity index (χ0) is 14.3. The van der Waals surface area contributed by atoms with Gasteiger partial charge in [0.05, 0.1) is 22.1 Å². The Morgan fingerprint density at radius 3 is 2.89 bits per heavy atom. The fourth-order valence-electron chi connectivity index (χ4n) is 1.19. The molecular formula is C12H12BrNO5. The van der Waals surface area contributed by atoms with Crippen molar-refractivity contribution in [2.24, 2.45) is 0 Å². The Hall–Kier alpha value is -1.89. The molecule has 7 heteroatoms. The number of nitrogens with zero attached hydrogens (tertiary/aromatic N) is 1. The number of carbonyl (C=O) groups is 1. The Labute approximate surface area is 118 Å². The number of rotatable bonds is 6. The van der Waals surface area contributed by atoms with Crippen molar-refractivity contribution in [1.29, 1.82) is 0 Å². The molecule has 19 heavy (non-hydrogen) atoms. The van der Waals surface area contributed by atoms with Gasteiger partial charge < -0.3 is 9.47 Å². The highest BCUT2D eigenvalue weighted by molar-refractivity contribution is 9.10. The van der Waals surface area contributed by atoms with Crippen LogP contribution in [-0.2, 0) is 9.53 Å². The van der Waals surface area contributed by atoms with E-state index in [1.807, 2.05) is 0 Å². The van der Waals surface area contributed by atoms with E-state index in [2.05, 4.69) is 20.7 Å². The number of hydrogen-bond acceptors (Lipinski definition) is 5. The highest BCUT2D eigenvalue weighted by Gasteiger charge is 2.09. The Balaban J connectivity index is 2.60. The summed E-state index contributed by atoms with van der Waals surface area (Å²) in [6.45, 7) is 2.13. The van der Waals surface area contributed by atoms with Crippen LogP contribution in [0.2, 0.25) is 0 Å². The molecule has 1 aromatic carbocycles. The number of hydrogen-bond donors (Lipinski definition) is 0. The summed E-state index contributed by atoms with van der Waals surface area (Å²) in [5, 5.41) is 10.6. The van der Waals surface area contributed by atoms with Gasteiger partial charge in [-0.2, -0.15) is 0 Å². The van der Waals surface area contributed by atoms with E-state index >= 15 is 0 Å². The Bertz CT molecular complexity index is 501. The van der Waals surface area contributed by atoms with Gasteiger partial charge in [-0.3, -0.25) is 10.1 Å². The third kappa shape index (κ3) is 5.09. The van der Waals surface area contributed by atoms with Crippen LogP contribution in [0.15, 0.2) is 34.8 Å². The van der Waals surface area contributed by atoms with Gasteiger partial charge in [0.25, 0.3) is 5.69 Å². The summed E-state index contributed by atoms with van der Waals surface area (Å²) in [7, 11) is 0. The number of non-ortho nitro benzene ring substituents is 1. The van der Waals surface area contributed by atoms with Crippen molar-refractivity contribution in [3.63, 3.8) is 0 Å². The van der Waals surface area contributed by atoms with E-state index < -0.39 is 10.9 Å². The lowest BCUT2D eigenvalue weighted by Crippen LogP contribution is -2.01. The number of nitro benzene ring substituents is 1. The molecule has 0 heterocycles. The van der Waals surface area contributed by atoms with Crippen molar-refractivity contribution in [1.82, 2.24) is 0 Å². The molecule has 1 aromatic rings. The minimum Gasteiger partial charge on any atom is -0.488 e. The Morgan fingerprint density at radius 2 is 2.26 bits per heavy atom. The Morgan fingerprint density at radius 1 is 1.53 bits per heavy atom. The molecule has 0 saturated heterocycles. The van der Waals surface area contributed by atoms with Gasteiger partial charge in [-0.1, -0.05) is 0 Å². The fraction of sp³-hybridized carbons (Fsp3) is 0.250. The first-order valence-corrected chi connectivity index (χ1v) is 6.24. The quantitative estimate of drug-likeness (QED) is 0.347. The van der Waals surface area contributed by atoms with E-state index in [0.29, 0.717) is 16.8 Å². The van der Waals surface area contributed by atoms with Crippen LogP contribution in [0.1, 0.15) is 6.92 Å². The molecule has 6 nitrogen and oxygen atoms in total. The minimum atomic E-state index is -0.506. The number of nitro groups is 1. The molecular weight excluding hydrogens is 318 g/mol. The summed E-state index contributed by atoms with van der Waals surface area (Å²) in [5.74, 6) is -0.119. The van der Waals surface area contributed by atoms with Crippen LogP contribution >= 0.6 is 15.9 Å². The molecule has 0 N–H and O–H groups in total. The maximum absolute atomic E-state index is 11.0. The summed E-state index contributed by atoms with van der Waals surface area (Å²) < 4.78 is 10.6. The van der Waals surface area contributed by atoms with Gasteiger partial charge >= 0.3 is 5.97 Å². The average Bonchev–Trinajstić information content (AvgIpc) is 2.36. The molecule has 0 spiro atoms.